The van der Waals surface area contributed by atoms with Crippen molar-refractivity contribution in [3.05, 3.63) is 29.3 Å². The highest BCUT2D eigenvalue weighted by molar-refractivity contribution is 6.89. The van der Waals surface area contributed by atoms with Crippen LogP contribution in [-0.4, -0.2) is 8.07 Å². The summed E-state index contributed by atoms with van der Waals surface area (Å²) in [6, 6.07) is 2.83. The van der Waals surface area contributed by atoms with E-state index < -0.39 is 19.7 Å². The molecule has 0 saturated heterocycles. The zero-order chi connectivity index (χ0) is 10.2. The lowest BCUT2D eigenvalue weighted by atomic mass is 10.2. The number of hydrogen-bond acceptors (Lipinski definition) is 0. The van der Waals surface area contributed by atoms with Crippen molar-refractivity contribution in [2.75, 3.05) is 0 Å². The fraction of sp³-hybridized carbons (Fsp3) is 0.400. The molecule has 0 saturated carbocycles. The minimum absolute atomic E-state index is 0.604. The van der Waals surface area contributed by atoms with Crippen LogP contribution in [0.1, 0.15) is 5.56 Å². The molecule has 0 nitrogen and oxygen atoms in total. The van der Waals surface area contributed by atoms with Crippen LogP contribution in [0, 0.1) is 18.6 Å². The van der Waals surface area contributed by atoms with Gasteiger partial charge in [-0.25, -0.2) is 8.78 Å². The van der Waals surface area contributed by atoms with Crippen molar-refractivity contribution in [3.63, 3.8) is 0 Å². The molecule has 0 aliphatic rings. The van der Waals surface area contributed by atoms with Crippen LogP contribution in [0.25, 0.3) is 0 Å². The molecule has 0 heterocycles. The predicted molar refractivity (Wildman–Crippen MR) is 54.1 cm³/mol. The van der Waals surface area contributed by atoms with E-state index in [1.807, 2.05) is 26.6 Å². The standard InChI is InChI=1S/C10H14F2Si/c1-7-5-6-8(11)9(12)10(7)13(2,3)4/h5-6H,1-4H3. The SMILES string of the molecule is Cc1ccc(F)c(F)c1[Si](C)(C)C. The van der Waals surface area contributed by atoms with Gasteiger partial charge in [0.05, 0.1) is 8.07 Å². The molecule has 0 radical (unpaired) electrons. The van der Waals surface area contributed by atoms with Crippen molar-refractivity contribution in [1.29, 1.82) is 0 Å². The van der Waals surface area contributed by atoms with E-state index in [4.69, 9.17) is 0 Å². The molecule has 72 valence electrons. The first-order chi connectivity index (χ1) is 5.84. The van der Waals surface area contributed by atoms with Crippen molar-refractivity contribution in [2.45, 2.75) is 26.6 Å². The Morgan fingerprint density at radius 2 is 1.62 bits per heavy atom. The van der Waals surface area contributed by atoms with Gasteiger partial charge in [-0.1, -0.05) is 25.7 Å². The highest BCUT2D eigenvalue weighted by atomic mass is 28.3. The molecule has 0 fully saturated rings. The Labute approximate surface area is 78.6 Å². The Hall–Kier alpha value is -0.703. The molecule has 0 bridgehead atoms. The van der Waals surface area contributed by atoms with Crippen LogP contribution in [-0.2, 0) is 0 Å². The molecule has 0 aliphatic carbocycles. The van der Waals surface area contributed by atoms with Gasteiger partial charge in [-0.2, -0.15) is 0 Å². The molecule has 1 aromatic rings. The molecule has 3 heteroatoms. The third-order valence-electron chi connectivity index (χ3n) is 2.05. The maximum Gasteiger partial charge on any atom is 0.158 e. The Morgan fingerprint density at radius 3 is 2.00 bits per heavy atom. The molecule has 13 heavy (non-hydrogen) atoms. The summed E-state index contributed by atoms with van der Waals surface area (Å²) in [6.07, 6.45) is 0. The van der Waals surface area contributed by atoms with Crippen molar-refractivity contribution < 1.29 is 8.78 Å². The molecule has 0 N–H and O–H groups in total. The second-order valence-electron chi connectivity index (χ2n) is 4.30. The highest BCUT2D eigenvalue weighted by Crippen LogP contribution is 2.12. The molecular formula is C10H14F2Si. The van der Waals surface area contributed by atoms with Gasteiger partial charge in [0.15, 0.2) is 11.6 Å². The van der Waals surface area contributed by atoms with Gasteiger partial charge in [-0.15, -0.1) is 0 Å². The van der Waals surface area contributed by atoms with Crippen LogP contribution in [0.3, 0.4) is 0 Å². The van der Waals surface area contributed by atoms with Crippen LogP contribution in [0.5, 0.6) is 0 Å². The van der Waals surface area contributed by atoms with Crippen LogP contribution in [0.4, 0.5) is 8.78 Å². The zero-order valence-electron chi connectivity index (χ0n) is 8.41. The summed E-state index contributed by atoms with van der Waals surface area (Å²) < 4.78 is 26.4. The van der Waals surface area contributed by atoms with Gasteiger partial charge >= 0.3 is 0 Å². The fourth-order valence-corrected chi connectivity index (χ4v) is 3.61. The fourth-order valence-electron chi connectivity index (χ4n) is 1.57. The summed E-state index contributed by atoms with van der Waals surface area (Å²) in [5.74, 6) is -1.39. The molecule has 0 unspecified atom stereocenters. The molecule has 0 aliphatic heterocycles. The van der Waals surface area contributed by atoms with Crippen LogP contribution in [0.2, 0.25) is 19.6 Å². The van der Waals surface area contributed by atoms with Crippen molar-refractivity contribution in [1.82, 2.24) is 0 Å². The van der Waals surface area contributed by atoms with E-state index >= 15 is 0 Å². The van der Waals surface area contributed by atoms with E-state index in [0.29, 0.717) is 5.19 Å². The molecule has 1 rings (SSSR count). The minimum Gasteiger partial charge on any atom is -0.204 e. The van der Waals surface area contributed by atoms with E-state index in [-0.39, 0.29) is 0 Å². The summed E-state index contributed by atoms with van der Waals surface area (Å²) in [5, 5.41) is 0.604. The summed E-state index contributed by atoms with van der Waals surface area (Å²) >= 11 is 0. The second-order valence-corrected chi connectivity index (χ2v) is 9.30. The third-order valence-corrected chi connectivity index (χ3v) is 4.17. The Bertz CT molecular complexity index is 326. The average Bonchev–Trinajstić information content (AvgIpc) is 1.95. The second kappa shape index (κ2) is 3.22. The van der Waals surface area contributed by atoms with Crippen molar-refractivity contribution >= 4 is 13.3 Å². The normalized spacial score (nSPS) is 11.8. The van der Waals surface area contributed by atoms with Crippen LogP contribution < -0.4 is 5.19 Å². The number of benzene rings is 1. The summed E-state index contributed by atoms with van der Waals surface area (Å²) in [5.41, 5.74) is 0.859. The number of aryl methyl sites for hydroxylation is 1. The molecular weight excluding hydrogens is 186 g/mol. The van der Waals surface area contributed by atoms with E-state index in [1.54, 1.807) is 6.07 Å². The lowest BCUT2D eigenvalue weighted by Crippen LogP contribution is -2.42. The maximum atomic E-state index is 13.4. The summed E-state index contributed by atoms with van der Waals surface area (Å²) in [6.45, 7) is 7.86. The average molecular weight is 200 g/mol. The monoisotopic (exact) mass is 200 g/mol. The van der Waals surface area contributed by atoms with Crippen molar-refractivity contribution in [2.24, 2.45) is 0 Å². The van der Waals surface area contributed by atoms with Gasteiger partial charge < -0.3 is 0 Å². The first kappa shape index (κ1) is 10.4. The molecule has 0 amide bonds. The third kappa shape index (κ3) is 1.96. The van der Waals surface area contributed by atoms with E-state index in [2.05, 4.69) is 0 Å². The van der Waals surface area contributed by atoms with Gasteiger partial charge in [0.25, 0.3) is 0 Å². The lowest BCUT2D eigenvalue weighted by Gasteiger charge is -2.20. The van der Waals surface area contributed by atoms with Gasteiger partial charge in [0, 0.05) is 0 Å². The van der Waals surface area contributed by atoms with Crippen LogP contribution in [0.15, 0.2) is 12.1 Å². The Balaban J connectivity index is 3.43. The molecule has 0 spiro atoms. The van der Waals surface area contributed by atoms with E-state index in [0.717, 1.165) is 5.56 Å². The largest absolute Gasteiger partial charge is 0.204 e. The summed E-state index contributed by atoms with van der Waals surface area (Å²) in [4.78, 5) is 0. The molecule has 1 aromatic carbocycles. The van der Waals surface area contributed by atoms with Gasteiger partial charge in [-0.3, -0.25) is 0 Å². The van der Waals surface area contributed by atoms with Crippen molar-refractivity contribution in [3.8, 4) is 0 Å². The van der Waals surface area contributed by atoms with Crippen LogP contribution >= 0.6 is 0 Å². The minimum atomic E-state index is -1.77. The zero-order valence-corrected chi connectivity index (χ0v) is 9.41. The van der Waals surface area contributed by atoms with E-state index in [9.17, 15) is 8.78 Å². The van der Waals surface area contributed by atoms with Gasteiger partial charge in [0.2, 0.25) is 0 Å². The molecule has 0 atom stereocenters. The lowest BCUT2D eigenvalue weighted by molar-refractivity contribution is 0.513. The first-order valence-electron chi connectivity index (χ1n) is 4.29. The summed E-state index contributed by atoms with van der Waals surface area (Å²) in [7, 11) is -1.77. The maximum absolute atomic E-state index is 13.4. The molecule has 0 aromatic heterocycles. The van der Waals surface area contributed by atoms with E-state index in [1.165, 1.54) is 6.07 Å². The topological polar surface area (TPSA) is 0 Å². The predicted octanol–water partition coefficient (Wildman–Crippen LogP) is 2.82. The smallest absolute Gasteiger partial charge is 0.158 e. The number of rotatable bonds is 1. The highest BCUT2D eigenvalue weighted by Gasteiger charge is 2.24. The number of hydrogen-bond donors (Lipinski definition) is 0. The van der Waals surface area contributed by atoms with Gasteiger partial charge in [0.1, 0.15) is 0 Å². The Kier molecular flexibility index (Phi) is 2.57. The quantitative estimate of drug-likeness (QED) is 0.611. The van der Waals surface area contributed by atoms with Gasteiger partial charge in [-0.05, 0) is 23.7 Å². The Morgan fingerprint density at radius 1 is 1.08 bits per heavy atom. The first-order valence-corrected chi connectivity index (χ1v) is 7.79. The number of halogens is 2.